The topological polar surface area (TPSA) is 45.2 Å². The van der Waals surface area contributed by atoms with Gasteiger partial charge < -0.3 is 4.98 Å². The molecule has 0 aliphatic carbocycles. The zero-order valence-electron chi connectivity index (χ0n) is 6.74. The number of fused-ring (bicyclic) bond motifs is 3. The van der Waals surface area contributed by atoms with Crippen LogP contribution < -0.4 is 0 Å². The zero-order valence-corrected chi connectivity index (χ0v) is 6.74. The maximum atomic E-state index is 11.4. The van der Waals surface area contributed by atoms with Crippen LogP contribution in [0.4, 0.5) is 5.82 Å². The van der Waals surface area contributed by atoms with Crippen molar-refractivity contribution in [3.8, 4) is 0 Å². The second-order valence-corrected chi connectivity index (χ2v) is 3.02. The average molecular weight is 170 g/mol. The van der Waals surface area contributed by atoms with Gasteiger partial charge in [0.15, 0.2) is 0 Å². The predicted octanol–water partition coefficient (Wildman–Crippen LogP) is 2.07. The Morgan fingerprint density at radius 3 is 3.00 bits per heavy atom. The molecule has 3 rings (SSSR count). The quantitative estimate of drug-likeness (QED) is 0.646. The molecule has 0 bridgehead atoms. The van der Waals surface area contributed by atoms with Crippen molar-refractivity contribution in [1.82, 2.24) is 4.98 Å². The molecule has 1 N–H and O–H groups in total. The smallest absolute Gasteiger partial charge is 0.208 e. The van der Waals surface area contributed by atoms with Crippen LogP contribution in [0, 0.1) is 0 Å². The Bertz CT molecular complexity index is 537. The number of carbonyl (C=O) groups is 1. The van der Waals surface area contributed by atoms with Crippen molar-refractivity contribution in [2.45, 2.75) is 0 Å². The number of ketones is 1. The number of hydrogen-bond donors (Lipinski definition) is 1. The lowest BCUT2D eigenvalue weighted by atomic mass is 10.1. The van der Waals surface area contributed by atoms with Crippen LogP contribution in [-0.4, -0.2) is 17.0 Å². The first kappa shape index (κ1) is 6.60. The summed E-state index contributed by atoms with van der Waals surface area (Å²) in [6.07, 6.45) is 1.35. The maximum absolute atomic E-state index is 11.4. The third kappa shape index (κ3) is 0.731. The standard InChI is InChI=1S/C10H6N2O/c13-8-5-11-10-9(8)6-3-1-2-4-7(6)12-10/h1-5,12H. The highest BCUT2D eigenvalue weighted by molar-refractivity contribution is 6.42. The molecule has 62 valence electrons. The van der Waals surface area contributed by atoms with Gasteiger partial charge in [0.2, 0.25) is 5.78 Å². The molecule has 1 aliphatic heterocycles. The van der Waals surface area contributed by atoms with Crippen molar-refractivity contribution >= 4 is 28.7 Å². The van der Waals surface area contributed by atoms with Crippen LogP contribution in [0.15, 0.2) is 29.3 Å². The van der Waals surface area contributed by atoms with Gasteiger partial charge in [0.05, 0.1) is 11.8 Å². The highest BCUT2D eigenvalue weighted by Gasteiger charge is 2.20. The van der Waals surface area contributed by atoms with Gasteiger partial charge in [-0.2, -0.15) is 0 Å². The minimum absolute atomic E-state index is 0.00699. The molecule has 1 aromatic carbocycles. The van der Waals surface area contributed by atoms with Gasteiger partial charge >= 0.3 is 0 Å². The minimum Gasteiger partial charge on any atom is -0.339 e. The van der Waals surface area contributed by atoms with Crippen molar-refractivity contribution in [3.63, 3.8) is 0 Å². The fraction of sp³-hybridized carbons (Fsp3) is 0. The van der Waals surface area contributed by atoms with Gasteiger partial charge in [-0.15, -0.1) is 0 Å². The summed E-state index contributed by atoms with van der Waals surface area (Å²) in [5, 5.41) is 0.958. The van der Waals surface area contributed by atoms with Crippen LogP contribution in [0.2, 0.25) is 0 Å². The Balaban J connectivity index is 2.51. The Labute approximate surface area is 74.1 Å². The molecule has 3 nitrogen and oxygen atoms in total. The summed E-state index contributed by atoms with van der Waals surface area (Å²) in [4.78, 5) is 18.4. The Morgan fingerprint density at radius 1 is 1.23 bits per heavy atom. The Kier molecular flexibility index (Phi) is 1.05. The summed E-state index contributed by atoms with van der Waals surface area (Å²) >= 11 is 0. The van der Waals surface area contributed by atoms with Crippen LogP contribution in [0.1, 0.15) is 10.4 Å². The molecule has 0 amide bonds. The lowest BCUT2D eigenvalue weighted by Gasteiger charge is -1.88. The summed E-state index contributed by atoms with van der Waals surface area (Å²) in [5.74, 6) is 0.679. The van der Waals surface area contributed by atoms with Crippen LogP contribution in [-0.2, 0) is 0 Å². The van der Waals surface area contributed by atoms with E-state index in [0.29, 0.717) is 11.4 Å². The number of rotatable bonds is 0. The monoisotopic (exact) mass is 170 g/mol. The van der Waals surface area contributed by atoms with Gasteiger partial charge in [0.1, 0.15) is 5.82 Å². The molecule has 0 unspecified atom stereocenters. The largest absolute Gasteiger partial charge is 0.339 e. The fourth-order valence-electron chi connectivity index (χ4n) is 1.66. The van der Waals surface area contributed by atoms with E-state index in [1.807, 2.05) is 24.3 Å². The summed E-state index contributed by atoms with van der Waals surface area (Å²) in [6, 6.07) is 7.72. The van der Waals surface area contributed by atoms with Gasteiger partial charge in [0, 0.05) is 10.9 Å². The van der Waals surface area contributed by atoms with Crippen LogP contribution in [0.25, 0.3) is 10.9 Å². The third-order valence-corrected chi connectivity index (χ3v) is 2.24. The van der Waals surface area contributed by atoms with E-state index in [1.54, 1.807) is 0 Å². The first-order valence-corrected chi connectivity index (χ1v) is 4.05. The molecule has 0 radical (unpaired) electrons. The molecule has 0 saturated heterocycles. The number of para-hydroxylation sites is 1. The molecule has 1 aliphatic rings. The second-order valence-electron chi connectivity index (χ2n) is 3.02. The van der Waals surface area contributed by atoms with E-state index in [-0.39, 0.29) is 5.78 Å². The number of nitrogens with one attached hydrogen (secondary N) is 1. The van der Waals surface area contributed by atoms with Gasteiger partial charge in [-0.3, -0.25) is 4.79 Å². The predicted molar refractivity (Wildman–Crippen MR) is 50.8 cm³/mol. The number of hydrogen-bond acceptors (Lipinski definition) is 2. The van der Waals surface area contributed by atoms with Crippen molar-refractivity contribution in [2.75, 3.05) is 0 Å². The fourth-order valence-corrected chi connectivity index (χ4v) is 1.66. The van der Waals surface area contributed by atoms with Gasteiger partial charge in [-0.05, 0) is 6.07 Å². The second kappa shape index (κ2) is 2.07. The number of benzene rings is 1. The molecule has 0 fully saturated rings. The summed E-state index contributed by atoms with van der Waals surface area (Å²) in [6.45, 7) is 0. The minimum atomic E-state index is -0.00699. The van der Waals surface area contributed by atoms with Crippen molar-refractivity contribution in [2.24, 2.45) is 4.99 Å². The number of nitrogens with zero attached hydrogens (tertiary/aromatic N) is 1. The van der Waals surface area contributed by atoms with E-state index in [1.165, 1.54) is 6.21 Å². The number of H-pyrrole nitrogens is 1. The lowest BCUT2D eigenvalue weighted by Crippen LogP contribution is -1.92. The van der Waals surface area contributed by atoms with Crippen LogP contribution in [0.3, 0.4) is 0 Å². The van der Waals surface area contributed by atoms with E-state index >= 15 is 0 Å². The van der Waals surface area contributed by atoms with Crippen LogP contribution >= 0.6 is 0 Å². The van der Waals surface area contributed by atoms with E-state index in [4.69, 9.17) is 0 Å². The average Bonchev–Trinajstić information content (AvgIpc) is 2.66. The number of aliphatic imine (C=N–C) groups is 1. The summed E-state index contributed by atoms with van der Waals surface area (Å²) in [7, 11) is 0. The van der Waals surface area contributed by atoms with Crippen LogP contribution in [0.5, 0.6) is 0 Å². The van der Waals surface area contributed by atoms with E-state index in [0.717, 1.165) is 10.9 Å². The number of aromatic nitrogens is 1. The number of carbonyl (C=O) groups excluding carboxylic acids is 1. The zero-order chi connectivity index (χ0) is 8.84. The molecule has 2 heterocycles. The molecule has 0 atom stereocenters. The van der Waals surface area contributed by atoms with Gasteiger partial charge in [-0.25, -0.2) is 4.99 Å². The van der Waals surface area contributed by atoms with Crippen molar-refractivity contribution in [1.29, 1.82) is 0 Å². The molecule has 0 saturated carbocycles. The summed E-state index contributed by atoms with van der Waals surface area (Å²) in [5.41, 5.74) is 1.67. The molecule has 2 aromatic rings. The highest BCUT2D eigenvalue weighted by atomic mass is 16.1. The van der Waals surface area contributed by atoms with Gasteiger partial charge in [-0.1, -0.05) is 18.2 Å². The normalized spacial score (nSPS) is 14.0. The first-order valence-electron chi connectivity index (χ1n) is 4.05. The molecular formula is C10H6N2O. The van der Waals surface area contributed by atoms with Crippen molar-refractivity contribution < 1.29 is 4.79 Å². The third-order valence-electron chi connectivity index (χ3n) is 2.24. The van der Waals surface area contributed by atoms with E-state index < -0.39 is 0 Å². The Morgan fingerprint density at radius 2 is 2.08 bits per heavy atom. The Hall–Kier alpha value is -1.90. The molecule has 3 heteroatoms. The van der Waals surface area contributed by atoms with E-state index in [9.17, 15) is 4.79 Å². The number of aromatic amines is 1. The molecule has 1 aromatic heterocycles. The highest BCUT2D eigenvalue weighted by Crippen LogP contribution is 2.30. The van der Waals surface area contributed by atoms with E-state index in [2.05, 4.69) is 9.98 Å². The van der Waals surface area contributed by atoms with Crippen molar-refractivity contribution in [3.05, 3.63) is 29.8 Å². The summed E-state index contributed by atoms with van der Waals surface area (Å²) < 4.78 is 0. The molecule has 13 heavy (non-hydrogen) atoms. The van der Waals surface area contributed by atoms with Gasteiger partial charge in [0.25, 0.3) is 0 Å². The SMILES string of the molecule is O=C1C=Nc2[nH]c3ccccc3c21. The maximum Gasteiger partial charge on any atom is 0.208 e. The molecule has 0 spiro atoms. The first-order chi connectivity index (χ1) is 6.36. The lowest BCUT2D eigenvalue weighted by molar-refractivity contribution is 0.107. The number of Topliss-reactive ketones (excluding diaryl/α,β-unsaturated/α-hetero) is 1. The molecular weight excluding hydrogens is 164 g/mol.